The van der Waals surface area contributed by atoms with E-state index in [-0.39, 0.29) is 19.0 Å². The lowest BCUT2D eigenvalue weighted by Crippen LogP contribution is -2.22. The Morgan fingerprint density at radius 2 is 1.23 bits per heavy atom. The van der Waals surface area contributed by atoms with Crippen LogP contribution in [0.4, 0.5) is 0 Å². The van der Waals surface area contributed by atoms with E-state index < -0.39 is 0 Å². The number of ether oxygens (including phenoxy) is 5. The second-order valence-corrected chi connectivity index (χ2v) is 7.28. The van der Waals surface area contributed by atoms with Crippen molar-refractivity contribution in [3.63, 3.8) is 0 Å². The average Bonchev–Trinajstić information content (AvgIpc) is 2.77. The Morgan fingerprint density at radius 1 is 0.742 bits per heavy atom. The van der Waals surface area contributed by atoms with Gasteiger partial charge in [0.05, 0.1) is 41.7 Å². The van der Waals surface area contributed by atoms with Crippen LogP contribution in [-0.4, -0.2) is 47.4 Å². The Morgan fingerprint density at radius 3 is 1.71 bits per heavy atom. The van der Waals surface area contributed by atoms with E-state index in [1.54, 1.807) is 46.6 Å². The van der Waals surface area contributed by atoms with Crippen LogP contribution in [0.25, 0.3) is 12.2 Å². The number of benzene rings is 2. The molecule has 31 heavy (non-hydrogen) atoms. The molecule has 0 bridgehead atoms. The first-order valence-corrected chi connectivity index (χ1v) is 9.90. The lowest BCUT2D eigenvalue weighted by Gasteiger charge is -2.18. The lowest BCUT2D eigenvalue weighted by atomic mass is 9.96. The molecule has 1 saturated heterocycles. The van der Waals surface area contributed by atoms with Crippen LogP contribution in [0.5, 0.6) is 23.0 Å². The molecule has 0 unspecified atom stereocenters. The summed E-state index contributed by atoms with van der Waals surface area (Å²) in [5.41, 5.74) is 5.00. The Bertz CT molecular complexity index is 1020. The molecule has 1 fully saturated rings. The molecule has 1 aliphatic rings. The fourth-order valence-corrected chi connectivity index (χ4v) is 3.56. The highest BCUT2D eigenvalue weighted by atomic mass is 16.5. The number of methoxy groups -OCH3 is 4. The number of carbonyl (C=O) groups is 1. The summed E-state index contributed by atoms with van der Waals surface area (Å²) < 4.78 is 27.3. The lowest BCUT2D eigenvalue weighted by molar-refractivity contribution is -0.114. The molecule has 2 aromatic rings. The summed E-state index contributed by atoms with van der Waals surface area (Å²) in [5.74, 6) is 2.30. The van der Waals surface area contributed by atoms with E-state index in [9.17, 15) is 4.79 Å². The fraction of sp³-hybridized carbons (Fsp3) is 0.320. The summed E-state index contributed by atoms with van der Waals surface area (Å²) in [7, 11) is 6.31. The number of rotatable bonds is 6. The van der Waals surface area contributed by atoms with Crippen molar-refractivity contribution in [1.82, 2.24) is 0 Å². The van der Waals surface area contributed by atoms with Gasteiger partial charge in [0.15, 0.2) is 17.3 Å². The van der Waals surface area contributed by atoms with Crippen LogP contribution < -0.4 is 18.9 Å². The Balaban J connectivity index is 1.97. The van der Waals surface area contributed by atoms with Gasteiger partial charge in [-0.3, -0.25) is 4.79 Å². The number of ketones is 1. The minimum atomic E-state index is -0.0443. The summed E-state index contributed by atoms with van der Waals surface area (Å²) in [6.45, 7) is 4.54. The third kappa shape index (κ3) is 4.75. The molecule has 0 spiro atoms. The highest BCUT2D eigenvalue weighted by Gasteiger charge is 2.22. The number of carbonyl (C=O) groups excluding carboxylic acids is 1. The second-order valence-electron chi connectivity index (χ2n) is 7.28. The van der Waals surface area contributed by atoms with Crippen LogP contribution in [0.1, 0.15) is 22.3 Å². The molecule has 0 radical (unpaired) electrons. The average molecular weight is 424 g/mol. The van der Waals surface area contributed by atoms with Crippen molar-refractivity contribution in [2.45, 2.75) is 13.8 Å². The second kappa shape index (κ2) is 9.71. The molecule has 0 amide bonds. The molecule has 2 aromatic carbocycles. The molecule has 0 N–H and O–H groups in total. The Kier molecular flexibility index (Phi) is 7.02. The van der Waals surface area contributed by atoms with Gasteiger partial charge >= 0.3 is 0 Å². The van der Waals surface area contributed by atoms with Crippen LogP contribution in [0, 0.1) is 13.8 Å². The molecule has 0 aromatic heterocycles. The maximum atomic E-state index is 13.1. The molecular weight excluding hydrogens is 396 g/mol. The smallest absolute Gasteiger partial charge is 0.203 e. The molecule has 6 nitrogen and oxygen atoms in total. The van der Waals surface area contributed by atoms with Crippen LogP contribution in [0.3, 0.4) is 0 Å². The summed E-state index contributed by atoms with van der Waals surface area (Å²) >= 11 is 0. The molecule has 1 aliphatic heterocycles. The van der Waals surface area contributed by atoms with E-state index in [2.05, 4.69) is 0 Å². The van der Waals surface area contributed by atoms with Crippen molar-refractivity contribution in [3.8, 4) is 23.0 Å². The van der Waals surface area contributed by atoms with Crippen molar-refractivity contribution >= 4 is 17.9 Å². The van der Waals surface area contributed by atoms with Gasteiger partial charge in [0.25, 0.3) is 0 Å². The highest BCUT2D eigenvalue weighted by Crippen LogP contribution is 2.39. The van der Waals surface area contributed by atoms with Gasteiger partial charge in [-0.15, -0.1) is 0 Å². The first-order chi connectivity index (χ1) is 14.9. The van der Waals surface area contributed by atoms with Gasteiger partial charge in [0.2, 0.25) is 5.75 Å². The van der Waals surface area contributed by atoms with Crippen molar-refractivity contribution in [2.75, 3.05) is 41.7 Å². The van der Waals surface area contributed by atoms with Gasteiger partial charge < -0.3 is 23.7 Å². The van der Waals surface area contributed by atoms with Gasteiger partial charge in [-0.05, 0) is 66.5 Å². The quantitative estimate of drug-likeness (QED) is 0.641. The Labute approximate surface area is 183 Å². The predicted molar refractivity (Wildman–Crippen MR) is 120 cm³/mol. The van der Waals surface area contributed by atoms with Crippen LogP contribution in [0.15, 0.2) is 35.4 Å². The summed E-state index contributed by atoms with van der Waals surface area (Å²) in [5, 5.41) is 0. The fourth-order valence-electron chi connectivity index (χ4n) is 3.56. The predicted octanol–water partition coefficient (Wildman–Crippen LogP) is 4.40. The molecule has 0 saturated carbocycles. The number of Topliss-reactive ketones (excluding diaryl/α,β-unsaturated/α-hetero) is 1. The zero-order chi connectivity index (χ0) is 22.5. The normalized spacial score (nSPS) is 16.5. The van der Waals surface area contributed by atoms with Gasteiger partial charge in [-0.2, -0.15) is 0 Å². The topological polar surface area (TPSA) is 63.2 Å². The number of hydrogen-bond acceptors (Lipinski definition) is 6. The molecule has 6 heteroatoms. The largest absolute Gasteiger partial charge is 0.496 e. The monoisotopic (exact) mass is 424 g/mol. The Hall–Kier alpha value is -3.25. The number of aryl methyl sites for hydroxylation is 1. The third-order valence-electron chi connectivity index (χ3n) is 5.33. The van der Waals surface area contributed by atoms with Gasteiger partial charge in [0.1, 0.15) is 5.75 Å². The van der Waals surface area contributed by atoms with E-state index in [0.717, 1.165) is 28.0 Å². The molecule has 164 valence electrons. The summed E-state index contributed by atoms with van der Waals surface area (Å²) in [6, 6.07) is 7.57. The molecule has 0 aliphatic carbocycles. The van der Waals surface area contributed by atoms with E-state index >= 15 is 0 Å². The first kappa shape index (κ1) is 22.4. The van der Waals surface area contributed by atoms with Crippen molar-refractivity contribution < 1.29 is 28.5 Å². The third-order valence-corrected chi connectivity index (χ3v) is 5.33. The maximum absolute atomic E-state index is 13.1. The standard InChI is InChI=1S/C25H28O6/c1-15-7-17(10-21(27-3)16(15)2)8-19-13-31-14-20(24(19)26)9-18-11-22(28-4)25(30-6)23(12-18)29-5/h7-12H,13-14H2,1-6H3/b19-8+,20-9+. The van der Waals surface area contributed by atoms with Gasteiger partial charge in [-0.25, -0.2) is 0 Å². The summed E-state index contributed by atoms with van der Waals surface area (Å²) in [4.78, 5) is 13.1. The van der Waals surface area contributed by atoms with Crippen molar-refractivity contribution in [3.05, 3.63) is 57.7 Å². The van der Waals surface area contributed by atoms with Crippen LogP contribution in [-0.2, 0) is 9.53 Å². The van der Waals surface area contributed by atoms with E-state index in [1.165, 1.54) is 0 Å². The zero-order valence-electron chi connectivity index (χ0n) is 18.8. The highest BCUT2D eigenvalue weighted by molar-refractivity contribution is 6.14. The maximum Gasteiger partial charge on any atom is 0.203 e. The van der Waals surface area contributed by atoms with Gasteiger partial charge in [0, 0.05) is 11.1 Å². The van der Waals surface area contributed by atoms with Gasteiger partial charge in [-0.1, -0.05) is 6.07 Å². The SMILES string of the molecule is COc1cc(/C=C2\COC/C(=C\c3cc(OC)c(OC)c(OC)c3)C2=O)cc(C)c1C. The molecular formula is C25H28O6. The molecule has 0 atom stereocenters. The van der Waals surface area contributed by atoms with Crippen molar-refractivity contribution in [2.24, 2.45) is 0 Å². The zero-order valence-corrected chi connectivity index (χ0v) is 18.8. The first-order valence-electron chi connectivity index (χ1n) is 9.90. The van der Waals surface area contributed by atoms with Crippen LogP contribution in [0.2, 0.25) is 0 Å². The minimum Gasteiger partial charge on any atom is -0.496 e. The minimum absolute atomic E-state index is 0.0443. The van der Waals surface area contributed by atoms with Crippen molar-refractivity contribution in [1.29, 1.82) is 0 Å². The number of hydrogen-bond donors (Lipinski definition) is 0. The molecule has 1 heterocycles. The van der Waals surface area contributed by atoms with E-state index in [4.69, 9.17) is 23.7 Å². The molecule has 3 rings (SSSR count). The van der Waals surface area contributed by atoms with E-state index in [0.29, 0.717) is 28.4 Å². The summed E-state index contributed by atoms with van der Waals surface area (Å²) in [6.07, 6.45) is 3.65. The van der Waals surface area contributed by atoms with E-state index in [1.807, 2.05) is 32.1 Å². The van der Waals surface area contributed by atoms with Crippen LogP contribution >= 0.6 is 0 Å².